The maximum Gasteiger partial charge on any atom is 0.263 e. The number of benzene rings is 2. The van der Waals surface area contributed by atoms with Crippen molar-refractivity contribution >= 4 is 10.0 Å². The van der Waals surface area contributed by atoms with Crippen molar-refractivity contribution in [3.63, 3.8) is 0 Å². The van der Waals surface area contributed by atoms with Gasteiger partial charge in [0, 0.05) is 23.6 Å². The van der Waals surface area contributed by atoms with Crippen molar-refractivity contribution < 1.29 is 8.42 Å². The van der Waals surface area contributed by atoms with E-state index < -0.39 is 10.0 Å². The predicted octanol–water partition coefficient (Wildman–Crippen LogP) is 5.20. The van der Waals surface area contributed by atoms with Crippen LogP contribution in [0.4, 0.5) is 0 Å². The number of hydrogen-bond acceptors (Lipinski definition) is 2. The van der Waals surface area contributed by atoms with Gasteiger partial charge in [-0.25, -0.2) is 8.42 Å². The lowest BCUT2D eigenvalue weighted by Crippen LogP contribution is -2.39. The van der Waals surface area contributed by atoms with E-state index in [4.69, 9.17) is 0 Å². The number of hydrogen-bond donors (Lipinski definition) is 0. The minimum Gasteiger partial charge on any atom is -0.273 e. The smallest absolute Gasteiger partial charge is 0.263 e. The zero-order chi connectivity index (χ0) is 20.4. The summed E-state index contributed by atoms with van der Waals surface area (Å²) in [4.78, 5) is 0.368. The molecule has 1 heterocycles. The summed E-state index contributed by atoms with van der Waals surface area (Å²) in [5, 5.41) is 0. The van der Waals surface area contributed by atoms with Crippen LogP contribution < -0.4 is 0 Å². The summed E-state index contributed by atoms with van der Waals surface area (Å²) >= 11 is 0. The summed E-state index contributed by atoms with van der Waals surface area (Å²) < 4.78 is 28.4. The fraction of sp³-hybridized carbons (Fsp3) is 0.360. The molecular formula is C25H27NO2S. The second-order valence-electron chi connectivity index (χ2n) is 9.06. The molecule has 5 rings (SSSR count). The van der Waals surface area contributed by atoms with Gasteiger partial charge in [-0.3, -0.25) is 4.31 Å². The van der Waals surface area contributed by atoms with Gasteiger partial charge in [0.1, 0.15) is 0 Å². The van der Waals surface area contributed by atoms with Crippen molar-refractivity contribution in [3.05, 3.63) is 89.1 Å². The van der Waals surface area contributed by atoms with Crippen LogP contribution in [0.5, 0.6) is 0 Å². The van der Waals surface area contributed by atoms with Gasteiger partial charge in [0.25, 0.3) is 10.0 Å². The lowest BCUT2D eigenvalue weighted by Gasteiger charge is -2.35. The topological polar surface area (TPSA) is 37.4 Å². The van der Waals surface area contributed by atoms with Crippen LogP contribution in [0.2, 0.25) is 0 Å². The molecule has 0 bridgehead atoms. The summed E-state index contributed by atoms with van der Waals surface area (Å²) in [5.41, 5.74) is 5.15. The minimum absolute atomic E-state index is 0.0511. The molecule has 1 saturated carbocycles. The van der Waals surface area contributed by atoms with Crippen LogP contribution in [0.25, 0.3) is 0 Å². The maximum absolute atomic E-state index is 13.4. The zero-order valence-corrected chi connectivity index (χ0v) is 18.0. The molecule has 150 valence electrons. The third-order valence-corrected chi connectivity index (χ3v) is 9.33. The number of aryl methyl sites for hydroxylation is 1. The Labute approximate surface area is 173 Å². The van der Waals surface area contributed by atoms with Crippen LogP contribution in [0, 0.1) is 18.3 Å². The monoisotopic (exact) mass is 405 g/mol. The van der Waals surface area contributed by atoms with Gasteiger partial charge in [-0.05, 0) is 57.2 Å². The van der Waals surface area contributed by atoms with E-state index in [-0.39, 0.29) is 10.8 Å². The second kappa shape index (κ2) is 6.09. The maximum atomic E-state index is 13.4. The predicted molar refractivity (Wildman–Crippen MR) is 116 cm³/mol. The standard InChI is InChI=1S/C25H27NO2S/c1-18-9-11-22(12-10-18)29(27,28)26-14-13-25(21-7-5-4-6-8-21)23-15-19(2)20(3)16-24(23,25)17-26/h4-14,23H,15-17H2,1-3H3/t23-,24-,25-/m0/s1. The highest BCUT2D eigenvalue weighted by Crippen LogP contribution is 2.78. The van der Waals surface area contributed by atoms with Gasteiger partial charge in [0.15, 0.2) is 0 Å². The van der Waals surface area contributed by atoms with Crippen molar-refractivity contribution in [2.75, 3.05) is 6.54 Å². The SMILES string of the molecule is CC1=C(C)C[C@@]23CN(S(=O)(=O)c4ccc(C)cc4)C=C[C@]2(c2ccccc2)[C@H]3C1. The fourth-order valence-electron chi connectivity index (χ4n) is 5.86. The molecule has 2 aromatic rings. The lowest BCUT2D eigenvalue weighted by molar-refractivity contribution is 0.315. The van der Waals surface area contributed by atoms with E-state index in [1.165, 1.54) is 16.7 Å². The first-order valence-corrected chi connectivity index (χ1v) is 11.7. The van der Waals surface area contributed by atoms with E-state index in [0.29, 0.717) is 17.4 Å². The van der Waals surface area contributed by atoms with E-state index in [1.54, 1.807) is 16.4 Å². The van der Waals surface area contributed by atoms with Crippen LogP contribution in [0.3, 0.4) is 0 Å². The Balaban J connectivity index is 1.59. The molecular weight excluding hydrogens is 378 g/mol. The Bertz CT molecular complexity index is 1130. The Hall–Kier alpha value is -2.33. The number of fused-ring (bicyclic) bond motifs is 1. The molecule has 3 atom stereocenters. The van der Waals surface area contributed by atoms with E-state index in [1.807, 2.05) is 31.3 Å². The van der Waals surface area contributed by atoms with Crippen LogP contribution in [0.1, 0.15) is 37.8 Å². The Morgan fingerprint density at radius 3 is 2.31 bits per heavy atom. The van der Waals surface area contributed by atoms with Crippen molar-refractivity contribution in [2.24, 2.45) is 11.3 Å². The molecule has 2 aliphatic carbocycles. The summed E-state index contributed by atoms with van der Waals surface area (Å²) in [6, 6.07) is 17.8. The molecule has 2 aromatic carbocycles. The Kier molecular flexibility index (Phi) is 3.92. The van der Waals surface area contributed by atoms with Gasteiger partial charge in [-0.2, -0.15) is 0 Å². The highest BCUT2D eigenvalue weighted by Gasteiger charge is 2.77. The Morgan fingerprint density at radius 2 is 1.62 bits per heavy atom. The van der Waals surface area contributed by atoms with Gasteiger partial charge in [-0.15, -0.1) is 0 Å². The third kappa shape index (κ3) is 2.45. The van der Waals surface area contributed by atoms with E-state index >= 15 is 0 Å². The molecule has 0 unspecified atom stereocenters. The molecule has 1 aliphatic heterocycles. The van der Waals surface area contributed by atoms with Gasteiger partial charge < -0.3 is 0 Å². The average molecular weight is 406 g/mol. The van der Waals surface area contributed by atoms with Crippen LogP contribution >= 0.6 is 0 Å². The molecule has 0 aromatic heterocycles. The first-order valence-electron chi connectivity index (χ1n) is 10.3. The number of sulfonamides is 1. The highest BCUT2D eigenvalue weighted by atomic mass is 32.2. The summed E-state index contributed by atoms with van der Waals surface area (Å²) in [7, 11) is -3.55. The molecule has 3 nitrogen and oxygen atoms in total. The summed E-state index contributed by atoms with van der Waals surface area (Å²) in [6.07, 6.45) is 6.02. The van der Waals surface area contributed by atoms with E-state index in [0.717, 1.165) is 18.4 Å². The molecule has 0 radical (unpaired) electrons. The van der Waals surface area contributed by atoms with Crippen molar-refractivity contribution in [1.82, 2.24) is 4.31 Å². The largest absolute Gasteiger partial charge is 0.273 e. The van der Waals surface area contributed by atoms with Gasteiger partial charge in [0.2, 0.25) is 0 Å². The van der Waals surface area contributed by atoms with Crippen LogP contribution in [0.15, 0.2) is 82.9 Å². The van der Waals surface area contributed by atoms with Gasteiger partial charge in [0.05, 0.1) is 4.90 Å². The van der Waals surface area contributed by atoms with Crippen LogP contribution in [-0.4, -0.2) is 19.3 Å². The van der Waals surface area contributed by atoms with E-state index in [2.05, 4.69) is 44.2 Å². The molecule has 0 amide bonds. The third-order valence-electron chi connectivity index (χ3n) is 7.60. The summed E-state index contributed by atoms with van der Waals surface area (Å²) in [6.45, 7) is 6.96. The summed E-state index contributed by atoms with van der Waals surface area (Å²) in [5.74, 6) is 0.454. The Morgan fingerprint density at radius 1 is 0.931 bits per heavy atom. The van der Waals surface area contributed by atoms with Crippen LogP contribution in [-0.2, 0) is 15.4 Å². The number of rotatable bonds is 3. The minimum atomic E-state index is -3.55. The van der Waals surface area contributed by atoms with Crippen molar-refractivity contribution in [3.8, 4) is 0 Å². The lowest BCUT2D eigenvalue weighted by atomic mass is 9.79. The molecule has 0 saturated heterocycles. The second-order valence-corrected chi connectivity index (χ2v) is 11.0. The molecule has 3 aliphatic rings. The fourth-order valence-corrected chi connectivity index (χ4v) is 7.24. The van der Waals surface area contributed by atoms with Crippen molar-refractivity contribution in [2.45, 2.75) is 43.9 Å². The molecule has 4 heteroatoms. The molecule has 1 spiro atoms. The zero-order valence-electron chi connectivity index (χ0n) is 17.2. The first-order chi connectivity index (χ1) is 13.8. The average Bonchev–Trinajstić information content (AvgIpc) is 3.31. The quantitative estimate of drug-likeness (QED) is 0.659. The molecule has 1 fully saturated rings. The van der Waals surface area contributed by atoms with Crippen molar-refractivity contribution in [1.29, 1.82) is 0 Å². The van der Waals surface area contributed by atoms with Gasteiger partial charge in [-0.1, -0.05) is 65.3 Å². The normalized spacial score (nSPS) is 30.7. The van der Waals surface area contributed by atoms with Gasteiger partial charge >= 0.3 is 0 Å². The number of nitrogens with zero attached hydrogens (tertiary/aromatic N) is 1. The van der Waals surface area contributed by atoms with E-state index in [9.17, 15) is 8.42 Å². The number of allylic oxidation sites excluding steroid dienone is 3. The molecule has 0 N–H and O–H groups in total. The molecule has 29 heavy (non-hydrogen) atoms. The highest BCUT2D eigenvalue weighted by molar-refractivity contribution is 7.89. The first kappa shape index (κ1) is 18.7.